The van der Waals surface area contributed by atoms with Crippen LogP contribution in [0.5, 0.6) is 11.5 Å². The average Bonchev–Trinajstić information content (AvgIpc) is 3.11. The third kappa shape index (κ3) is 6.89. The Balaban J connectivity index is 0.000000149. The zero-order chi connectivity index (χ0) is 36.5. The normalized spacial score (nSPS) is 29.5. The van der Waals surface area contributed by atoms with E-state index in [1.807, 2.05) is 0 Å². The van der Waals surface area contributed by atoms with Gasteiger partial charge in [0, 0.05) is 63.7 Å². The molecule has 9 heteroatoms. The average molecular weight is 701 g/mol. The molecule has 0 radical (unpaired) electrons. The Labute approximate surface area is 303 Å². The molecule has 8 rings (SSSR count). The quantitative estimate of drug-likeness (QED) is 0.254. The van der Waals surface area contributed by atoms with E-state index in [-0.39, 0.29) is 22.6 Å². The Morgan fingerprint density at radius 3 is 1.35 bits per heavy atom. The Kier molecular flexibility index (Phi) is 10.9. The van der Waals surface area contributed by atoms with E-state index in [1.54, 1.807) is 28.1 Å². The Hall–Kier alpha value is -3.88. The first-order valence-electron chi connectivity index (χ1n) is 19.0. The van der Waals surface area contributed by atoms with Gasteiger partial charge >= 0.3 is 11.9 Å². The van der Waals surface area contributed by atoms with E-state index in [9.17, 15) is 19.2 Å². The number of piperidine rings is 2. The first kappa shape index (κ1) is 36.9. The van der Waals surface area contributed by atoms with Gasteiger partial charge in [-0.1, -0.05) is 37.8 Å². The van der Waals surface area contributed by atoms with Crippen LogP contribution >= 0.6 is 0 Å². The topological polar surface area (TPSA) is 102 Å². The van der Waals surface area contributed by atoms with Crippen molar-refractivity contribution in [3.05, 3.63) is 58.7 Å². The van der Waals surface area contributed by atoms with E-state index in [0.717, 1.165) is 50.3 Å². The molecule has 4 aliphatic carbocycles. The summed E-state index contributed by atoms with van der Waals surface area (Å²) in [6.07, 6.45) is 14.6. The maximum Gasteiger partial charge on any atom is 0.310 e. The van der Waals surface area contributed by atoms with E-state index < -0.39 is 11.9 Å². The number of carbonyl (C=O) groups excluding carboxylic acids is 4. The van der Waals surface area contributed by atoms with Gasteiger partial charge in [-0.3, -0.25) is 19.2 Å². The van der Waals surface area contributed by atoms with Crippen LogP contribution in [0.25, 0.3) is 0 Å². The predicted molar refractivity (Wildman–Crippen MR) is 195 cm³/mol. The highest BCUT2D eigenvalue weighted by molar-refractivity contribution is 5.82. The summed E-state index contributed by atoms with van der Waals surface area (Å²) in [5, 5.41) is 0. The van der Waals surface area contributed by atoms with Gasteiger partial charge in [0.1, 0.15) is 11.5 Å². The highest BCUT2D eigenvalue weighted by Crippen LogP contribution is 2.57. The Morgan fingerprint density at radius 2 is 1.02 bits per heavy atom. The van der Waals surface area contributed by atoms with Crippen LogP contribution < -0.4 is 9.47 Å². The lowest BCUT2D eigenvalue weighted by Gasteiger charge is -2.59. The van der Waals surface area contributed by atoms with Gasteiger partial charge in [0.2, 0.25) is 11.8 Å². The summed E-state index contributed by atoms with van der Waals surface area (Å²) in [6.45, 7) is 7.68. The van der Waals surface area contributed by atoms with Crippen molar-refractivity contribution in [1.29, 1.82) is 0 Å². The van der Waals surface area contributed by atoms with Crippen LogP contribution in [0.2, 0.25) is 0 Å². The number of methoxy groups -OCH3 is 2. The predicted octanol–water partition coefficient (Wildman–Crippen LogP) is 6.70. The van der Waals surface area contributed by atoms with E-state index in [2.05, 4.69) is 50.9 Å². The summed E-state index contributed by atoms with van der Waals surface area (Å²) >= 11 is 0. The van der Waals surface area contributed by atoms with Crippen LogP contribution in [0.3, 0.4) is 0 Å². The van der Waals surface area contributed by atoms with Crippen LogP contribution in [-0.4, -0.2) is 72.9 Å². The van der Waals surface area contributed by atoms with Crippen molar-refractivity contribution < 1.29 is 33.4 Å². The molecule has 6 aliphatic rings. The van der Waals surface area contributed by atoms with Crippen molar-refractivity contribution in [1.82, 2.24) is 9.80 Å². The van der Waals surface area contributed by atoms with Crippen molar-refractivity contribution in [3.63, 3.8) is 0 Å². The second-order valence-electron chi connectivity index (χ2n) is 15.6. The maximum atomic E-state index is 12.1. The van der Waals surface area contributed by atoms with Crippen LogP contribution in [0, 0.1) is 11.8 Å². The number of fused-ring (bicyclic) bond motifs is 2. The number of nitrogens with zero attached hydrogens (tertiary/aromatic N) is 2. The molecule has 0 spiro atoms. The van der Waals surface area contributed by atoms with Crippen LogP contribution in [0.4, 0.5) is 0 Å². The molecule has 2 heterocycles. The summed E-state index contributed by atoms with van der Waals surface area (Å²) in [7, 11) is 3.50. The van der Waals surface area contributed by atoms with Gasteiger partial charge in [0.05, 0.1) is 14.2 Å². The summed E-state index contributed by atoms with van der Waals surface area (Å²) < 4.78 is 15.0. The minimum absolute atomic E-state index is 0.251. The molecule has 2 saturated heterocycles. The largest absolute Gasteiger partial charge is 0.497 e. The maximum absolute atomic E-state index is 12.1. The summed E-state index contributed by atoms with van der Waals surface area (Å²) in [5.74, 6) is 2.61. The van der Waals surface area contributed by atoms with E-state index in [1.165, 1.54) is 87.5 Å². The lowest BCUT2D eigenvalue weighted by atomic mass is 9.52. The minimum Gasteiger partial charge on any atom is -0.497 e. The van der Waals surface area contributed by atoms with Gasteiger partial charge in [0.25, 0.3) is 0 Å². The van der Waals surface area contributed by atoms with Gasteiger partial charge in [-0.2, -0.15) is 0 Å². The first-order valence-corrected chi connectivity index (χ1v) is 19.0. The molecule has 9 nitrogen and oxygen atoms in total. The van der Waals surface area contributed by atoms with E-state index in [4.69, 9.17) is 9.47 Å². The monoisotopic (exact) mass is 700 g/mol. The van der Waals surface area contributed by atoms with Crippen LogP contribution in [-0.2, 0) is 47.6 Å². The number of rotatable bonds is 2. The molecule has 0 unspecified atom stereocenters. The second kappa shape index (κ2) is 15.0. The van der Waals surface area contributed by atoms with E-state index >= 15 is 0 Å². The van der Waals surface area contributed by atoms with Gasteiger partial charge < -0.3 is 24.0 Å². The highest BCUT2D eigenvalue weighted by atomic mass is 16.6. The molecule has 4 fully saturated rings. The summed E-state index contributed by atoms with van der Waals surface area (Å²) in [5.41, 5.74) is 6.50. The zero-order valence-electron chi connectivity index (χ0n) is 31.4. The highest BCUT2D eigenvalue weighted by Gasteiger charge is 2.55. The number of benzene rings is 2. The Morgan fingerprint density at radius 1 is 0.608 bits per heavy atom. The van der Waals surface area contributed by atoms with Crippen molar-refractivity contribution >= 4 is 23.8 Å². The number of hydrogen-bond donors (Lipinski definition) is 0. The zero-order valence-corrected chi connectivity index (χ0v) is 31.4. The molecular weight excluding hydrogens is 644 g/mol. The molecule has 6 atom stereocenters. The first-order chi connectivity index (χ1) is 24.4. The number of ether oxygens (including phenoxy) is 3. The van der Waals surface area contributed by atoms with Gasteiger partial charge in [-0.05, 0) is 110 Å². The molecule has 2 aromatic carbocycles. The minimum atomic E-state index is -0.562. The van der Waals surface area contributed by atoms with Gasteiger partial charge in [0.15, 0.2) is 0 Å². The van der Waals surface area contributed by atoms with Gasteiger partial charge in [-0.25, -0.2) is 0 Å². The summed E-state index contributed by atoms with van der Waals surface area (Å²) in [6, 6.07) is 14.0. The van der Waals surface area contributed by atoms with Crippen molar-refractivity contribution in [2.75, 3.05) is 27.3 Å². The molecular formula is C42H56N2O7. The molecule has 2 saturated carbocycles. The smallest absolute Gasteiger partial charge is 0.310 e. The molecule has 0 N–H and O–H groups in total. The molecule has 2 aromatic rings. The molecule has 0 aromatic heterocycles. The van der Waals surface area contributed by atoms with E-state index in [0.29, 0.717) is 23.9 Å². The number of hydrogen-bond acceptors (Lipinski definition) is 7. The molecule has 2 aliphatic heterocycles. The SMILES string of the molecule is CC(=O)OC(C)=O.COc1ccc2c(c1)[C@@]13CCCC[C@H]1[C@@H](C2)N(C(C)=O)CC3.COc1ccc2c(c1)[C@@]13CCCC[C@H]1[C@@H](C2)N(C(C)=O)CC3. The Bertz CT molecular complexity index is 1540. The number of esters is 2. The third-order valence-corrected chi connectivity index (χ3v) is 13.2. The van der Waals surface area contributed by atoms with Gasteiger partial charge in [-0.15, -0.1) is 0 Å². The molecule has 4 bridgehead atoms. The van der Waals surface area contributed by atoms with Crippen LogP contribution in [0.15, 0.2) is 36.4 Å². The van der Waals surface area contributed by atoms with Crippen LogP contribution in [0.1, 0.15) is 114 Å². The second-order valence-corrected chi connectivity index (χ2v) is 15.6. The summed E-state index contributed by atoms with van der Waals surface area (Å²) in [4.78, 5) is 48.1. The standard InChI is InChI=1S/2C19H25NO2.C4H6O3/c2*1-13(21)20-10-9-19-8-4-3-5-16(19)18(20)11-14-6-7-15(22-2)12-17(14)19;1-3(5)7-4(2)6/h2*6-7,12,16,18H,3-5,8-11H2,1-2H3;1-2H3/t2*16-,18+,19+;/m00./s1. The fraction of sp³-hybridized carbons (Fsp3) is 0.619. The van der Waals surface area contributed by atoms with Crippen molar-refractivity contribution in [2.24, 2.45) is 11.8 Å². The fourth-order valence-corrected chi connectivity index (χ4v) is 11.2. The lowest BCUT2D eigenvalue weighted by molar-refractivity contribution is -0.156. The molecule has 2 amide bonds. The van der Waals surface area contributed by atoms with Crippen molar-refractivity contribution in [2.45, 2.75) is 128 Å². The molecule has 51 heavy (non-hydrogen) atoms. The fourth-order valence-electron chi connectivity index (χ4n) is 11.2. The lowest BCUT2D eigenvalue weighted by Crippen LogP contribution is -2.61. The number of carbonyl (C=O) groups is 4. The number of likely N-dealkylation sites (tertiary alicyclic amines) is 2. The molecule has 276 valence electrons. The number of amides is 2. The third-order valence-electron chi connectivity index (χ3n) is 13.2. The van der Waals surface area contributed by atoms with Crippen molar-refractivity contribution in [3.8, 4) is 11.5 Å².